The van der Waals surface area contributed by atoms with Gasteiger partial charge in [-0.1, -0.05) is 43.0 Å². The normalized spacial score (nSPS) is 11.8. The second kappa shape index (κ2) is 3.44. The Hall–Kier alpha value is -1.17. The first-order valence-electron chi connectivity index (χ1n) is 4.16. The average Bonchev–Trinajstić information content (AvgIpc) is 2.15. The van der Waals surface area contributed by atoms with Crippen molar-refractivity contribution < 1.29 is 13.0 Å². The molecule has 0 fully saturated rings. The van der Waals surface area contributed by atoms with Gasteiger partial charge >= 0.3 is 0 Å². The van der Waals surface area contributed by atoms with Crippen molar-refractivity contribution in [3.63, 3.8) is 0 Å². The van der Waals surface area contributed by atoms with Crippen LogP contribution in [0.4, 0.5) is 0 Å². The van der Waals surface area contributed by atoms with E-state index in [0.717, 1.165) is 5.39 Å². The van der Waals surface area contributed by atoms with E-state index in [0.29, 0.717) is 5.39 Å². The summed E-state index contributed by atoms with van der Waals surface area (Å²) in [7, 11) is -4.26. The van der Waals surface area contributed by atoms with E-state index in [-0.39, 0.29) is 9.79 Å². The van der Waals surface area contributed by atoms with Crippen LogP contribution in [0.2, 0.25) is 0 Å². The zero-order chi connectivity index (χ0) is 11.1. The molecule has 15 heavy (non-hydrogen) atoms. The van der Waals surface area contributed by atoms with Gasteiger partial charge < -0.3 is 0 Å². The van der Waals surface area contributed by atoms with Crippen LogP contribution in [0.3, 0.4) is 0 Å². The summed E-state index contributed by atoms with van der Waals surface area (Å²) in [5, 5.41) is 1.19. The molecule has 5 heteroatoms. The van der Waals surface area contributed by atoms with Crippen molar-refractivity contribution >= 4 is 33.5 Å². The van der Waals surface area contributed by atoms with Crippen molar-refractivity contribution in [2.75, 3.05) is 0 Å². The summed E-state index contributed by atoms with van der Waals surface area (Å²) in [5.41, 5.74) is 0. The van der Waals surface area contributed by atoms with E-state index in [4.69, 9.17) is 17.2 Å². The topological polar surface area (TPSA) is 54.4 Å². The molecule has 2 rings (SSSR count). The van der Waals surface area contributed by atoms with Gasteiger partial charge in [-0.15, -0.1) is 0 Å². The van der Waals surface area contributed by atoms with E-state index in [1.54, 1.807) is 30.3 Å². The lowest BCUT2D eigenvalue weighted by Crippen LogP contribution is -2.00. The molecule has 0 atom stereocenters. The highest BCUT2D eigenvalue weighted by Crippen LogP contribution is 2.28. The number of rotatable bonds is 1. The molecular weight excluding hydrogens is 232 g/mol. The Bertz CT molecular complexity index is 618. The zero-order valence-electron chi connectivity index (χ0n) is 7.54. The fraction of sp³-hybridized carbons (Fsp3) is 0. The second-order valence-electron chi connectivity index (χ2n) is 3.09. The maximum atomic E-state index is 11.2. The van der Waals surface area contributed by atoms with Crippen LogP contribution in [0.1, 0.15) is 0 Å². The van der Waals surface area contributed by atoms with Crippen molar-refractivity contribution in [1.29, 1.82) is 0 Å². The van der Waals surface area contributed by atoms with Gasteiger partial charge in [0.2, 0.25) is 0 Å². The molecule has 0 aromatic heterocycles. The minimum Gasteiger partial charge on any atom is -0.282 e. The minimum atomic E-state index is -4.26. The minimum absolute atomic E-state index is 0.135. The maximum Gasteiger partial charge on any atom is 0.296 e. The maximum absolute atomic E-state index is 11.2. The Labute approximate surface area is 92.9 Å². The van der Waals surface area contributed by atoms with Crippen LogP contribution in [0.15, 0.2) is 46.2 Å². The quantitative estimate of drug-likeness (QED) is 0.778. The molecule has 0 saturated carbocycles. The van der Waals surface area contributed by atoms with Crippen LogP contribution in [0, 0.1) is 0 Å². The van der Waals surface area contributed by atoms with Crippen molar-refractivity contribution in [3.05, 3.63) is 36.4 Å². The summed E-state index contributed by atoms with van der Waals surface area (Å²) in [5.74, 6) is 0. The predicted octanol–water partition coefficient (Wildman–Crippen LogP) is 2.64. The highest BCUT2D eigenvalue weighted by Gasteiger charge is 2.17. The fourth-order valence-electron chi connectivity index (χ4n) is 1.49. The van der Waals surface area contributed by atoms with Gasteiger partial charge in [0.15, 0.2) is 0 Å². The van der Waals surface area contributed by atoms with E-state index in [1.165, 1.54) is 6.07 Å². The molecule has 3 nitrogen and oxygen atoms in total. The van der Waals surface area contributed by atoms with Crippen molar-refractivity contribution in [2.45, 2.75) is 9.79 Å². The standard InChI is InChI=1S/C10H7O3S2/c11-15(12,13)10-8-4-2-1-3-7(8)5-6-9(10)14/h1-6H,(H,11,12,13). The molecule has 0 bridgehead atoms. The Balaban J connectivity index is 2.99. The lowest BCUT2D eigenvalue weighted by atomic mass is 10.1. The van der Waals surface area contributed by atoms with Gasteiger partial charge in [0.1, 0.15) is 4.90 Å². The van der Waals surface area contributed by atoms with Crippen LogP contribution < -0.4 is 0 Å². The van der Waals surface area contributed by atoms with Crippen LogP contribution in [0.25, 0.3) is 10.8 Å². The Morgan fingerprint density at radius 2 is 1.73 bits per heavy atom. The van der Waals surface area contributed by atoms with Crippen LogP contribution in [-0.2, 0) is 10.1 Å². The fourth-order valence-corrected chi connectivity index (χ4v) is 2.77. The van der Waals surface area contributed by atoms with Gasteiger partial charge in [0, 0.05) is 5.39 Å². The number of hydrogen-bond acceptors (Lipinski definition) is 2. The third kappa shape index (κ3) is 1.81. The Kier molecular flexibility index (Phi) is 2.38. The van der Waals surface area contributed by atoms with E-state index >= 15 is 0 Å². The predicted molar refractivity (Wildman–Crippen MR) is 59.6 cm³/mol. The van der Waals surface area contributed by atoms with Crippen molar-refractivity contribution in [2.24, 2.45) is 0 Å². The Morgan fingerprint density at radius 1 is 1.07 bits per heavy atom. The molecule has 0 aliphatic heterocycles. The first kappa shape index (κ1) is 10.4. The number of hydrogen-bond donors (Lipinski definition) is 1. The monoisotopic (exact) mass is 239 g/mol. The molecule has 1 radical (unpaired) electrons. The summed E-state index contributed by atoms with van der Waals surface area (Å²) >= 11 is 4.89. The van der Waals surface area contributed by atoms with E-state index in [1.807, 2.05) is 0 Å². The lowest BCUT2D eigenvalue weighted by Gasteiger charge is -2.05. The summed E-state index contributed by atoms with van der Waals surface area (Å²) in [6.45, 7) is 0. The summed E-state index contributed by atoms with van der Waals surface area (Å²) in [6.07, 6.45) is 0. The van der Waals surface area contributed by atoms with Gasteiger partial charge in [-0.05, 0) is 11.5 Å². The molecule has 0 heterocycles. The van der Waals surface area contributed by atoms with Crippen molar-refractivity contribution in [3.8, 4) is 0 Å². The largest absolute Gasteiger partial charge is 0.296 e. The van der Waals surface area contributed by atoms with Crippen molar-refractivity contribution in [1.82, 2.24) is 0 Å². The third-order valence-corrected chi connectivity index (χ3v) is 3.53. The smallest absolute Gasteiger partial charge is 0.282 e. The molecular formula is C10H7O3S2. The van der Waals surface area contributed by atoms with Gasteiger partial charge in [-0.2, -0.15) is 8.42 Å². The molecule has 0 aliphatic rings. The highest BCUT2D eigenvalue weighted by molar-refractivity contribution is 7.87. The first-order chi connectivity index (χ1) is 7.00. The molecule has 0 unspecified atom stereocenters. The van der Waals surface area contributed by atoms with E-state index < -0.39 is 10.1 Å². The molecule has 0 saturated heterocycles. The average molecular weight is 239 g/mol. The van der Waals surface area contributed by atoms with E-state index in [2.05, 4.69) is 0 Å². The summed E-state index contributed by atoms with van der Waals surface area (Å²) in [4.78, 5) is -0.0493. The molecule has 2 aromatic carbocycles. The van der Waals surface area contributed by atoms with Gasteiger partial charge in [-0.3, -0.25) is 4.55 Å². The number of benzene rings is 2. The lowest BCUT2D eigenvalue weighted by molar-refractivity contribution is 0.482. The second-order valence-corrected chi connectivity index (χ2v) is 4.89. The summed E-state index contributed by atoms with van der Waals surface area (Å²) in [6, 6.07) is 10.1. The zero-order valence-corrected chi connectivity index (χ0v) is 9.18. The van der Waals surface area contributed by atoms with Crippen LogP contribution in [-0.4, -0.2) is 13.0 Å². The molecule has 2 aromatic rings. The van der Waals surface area contributed by atoms with Gasteiger partial charge in [0.25, 0.3) is 10.1 Å². The highest BCUT2D eigenvalue weighted by atomic mass is 32.2. The first-order valence-corrected chi connectivity index (χ1v) is 6.01. The molecule has 77 valence electrons. The molecule has 0 aliphatic carbocycles. The SMILES string of the molecule is O=S(=O)(O)c1c([S])ccc2ccccc12. The van der Waals surface area contributed by atoms with Gasteiger partial charge in [-0.25, -0.2) is 0 Å². The van der Waals surface area contributed by atoms with Crippen LogP contribution in [0.5, 0.6) is 0 Å². The van der Waals surface area contributed by atoms with Crippen LogP contribution >= 0.6 is 12.6 Å². The molecule has 0 spiro atoms. The molecule has 1 N–H and O–H groups in total. The van der Waals surface area contributed by atoms with E-state index in [9.17, 15) is 8.42 Å². The summed E-state index contributed by atoms with van der Waals surface area (Å²) < 4.78 is 31.4. The van der Waals surface area contributed by atoms with Gasteiger partial charge in [0.05, 0.1) is 4.90 Å². The number of fused-ring (bicyclic) bond motifs is 1. The Morgan fingerprint density at radius 3 is 2.40 bits per heavy atom. The molecule has 0 amide bonds. The third-order valence-electron chi connectivity index (χ3n) is 2.10.